The van der Waals surface area contributed by atoms with Crippen LogP contribution in [0.4, 0.5) is 5.82 Å². The van der Waals surface area contributed by atoms with Gasteiger partial charge < -0.3 is 15.2 Å². The summed E-state index contributed by atoms with van der Waals surface area (Å²) in [6.07, 6.45) is 0. The lowest BCUT2D eigenvalue weighted by molar-refractivity contribution is 0.365. The topological polar surface area (TPSA) is 83.2 Å². The van der Waals surface area contributed by atoms with Gasteiger partial charge in [0.05, 0.1) is 25.5 Å². The van der Waals surface area contributed by atoms with E-state index in [1.165, 1.54) is 7.11 Å². The van der Waals surface area contributed by atoms with Gasteiger partial charge in [-0.15, -0.1) is 10.2 Å². The van der Waals surface area contributed by atoms with Gasteiger partial charge in [-0.25, -0.2) is 0 Å². The van der Waals surface area contributed by atoms with Crippen molar-refractivity contribution < 1.29 is 9.47 Å². The molecule has 88 valence electrons. The molecule has 2 rings (SSSR count). The van der Waals surface area contributed by atoms with Gasteiger partial charge in [0.25, 0.3) is 0 Å². The number of ether oxygens (including phenoxy) is 2. The maximum atomic E-state index is 5.48. The molecule has 0 fully saturated rings. The average Bonchev–Trinajstić information content (AvgIpc) is 2.39. The van der Waals surface area contributed by atoms with Crippen LogP contribution in [0.5, 0.6) is 11.8 Å². The van der Waals surface area contributed by atoms with Crippen LogP contribution in [0.1, 0.15) is 0 Å². The minimum atomic E-state index is 0.370. The van der Waals surface area contributed by atoms with E-state index in [9.17, 15) is 0 Å². The lowest BCUT2D eigenvalue weighted by atomic mass is 10.2. The summed E-state index contributed by atoms with van der Waals surface area (Å²) >= 11 is 0. The molecular formula is C11H12N4O2. The monoisotopic (exact) mass is 232 g/mol. The molecule has 0 saturated heterocycles. The first kappa shape index (κ1) is 11.1. The van der Waals surface area contributed by atoms with Crippen LogP contribution in [0.2, 0.25) is 0 Å². The normalized spacial score (nSPS) is 10.0. The number of hydrogen-bond acceptors (Lipinski definition) is 6. The number of anilines is 1. The third kappa shape index (κ3) is 2.25. The first-order chi connectivity index (χ1) is 8.24. The van der Waals surface area contributed by atoms with Crippen LogP contribution in [0.3, 0.4) is 0 Å². The standard InChI is InChI=1S/C11H12N4O2/c1-16-10-6-3-7(11(13-10)17-2)8-4-5-9(12)15-14-8/h3-6H,1-2H3,(H2,12,15). The highest BCUT2D eigenvalue weighted by atomic mass is 16.5. The number of aromatic nitrogens is 3. The smallest absolute Gasteiger partial charge is 0.226 e. The van der Waals surface area contributed by atoms with E-state index in [0.29, 0.717) is 23.3 Å². The Bertz CT molecular complexity index is 513. The molecule has 0 aromatic carbocycles. The van der Waals surface area contributed by atoms with E-state index < -0.39 is 0 Å². The molecule has 0 aliphatic carbocycles. The Balaban J connectivity index is 2.47. The molecule has 0 unspecified atom stereocenters. The molecule has 6 nitrogen and oxygen atoms in total. The third-order valence-corrected chi connectivity index (χ3v) is 2.20. The largest absolute Gasteiger partial charge is 0.481 e. The fraction of sp³-hybridized carbons (Fsp3) is 0.182. The zero-order valence-corrected chi connectivity index (χ0v) is 9.54. The zero-order valence-electron chi connectivity index (χ0n) is 9.54. The Hall–Kier alpha value is -2.37. The second-order valence-electron chi connectivity index (χ2n) is 3.25. The Morgan fingerprint density at radius 3 is 2.41 bits per heavy atom. The predicted molar refractivity (Wildman–Crippen MR) is 62.8 cm³/mol. The molecule has 17 heavy (non-hydrogen) atoms. The molecule has 0 aliphatic heterocycles. The molecule has 0 radical (unpaired) electrons. The number of nitrogens with two attached hydrogens (primary N) is 1. The lowest BCUT2D eigenvalue weighted by Gasteiger charge is -2.07. The van der Waals surface area contributed by atoms with Crippen LogP contribution in [-0.4, -0.2) is 29.4 Å². The molecule has 2 N–H and O–H groups in total. The minimum absolute atomic E-state index is 0.370. The summed E-state index contributed by atoms with van der Waals surface area (Å²) in [5.41, 5.74) is 6.86. The lowest BCUT2D eigenvalue weighted by Crippen LogP contribution is -1.98. The molecule has 6 heteroatoms. The van der Waals surface area contributed by atoms with Crippen molar-refractivity contribution in [1.29, 1.82) is 0 Å². The quantitative estimate of drug-likeness (QED) is 0.854. The molecule has 0 atom stereocenters. The first-order valence-electron chi connectivity index (χ1n) is 4.93. The van der Waals surface area contributed by atoms with E-state index in [1.54, 1.807) is 25.3 Å². The summed E-state index contributed by atoms with van der Waals surface area (Å²) in [7, 11) is 3.08. The fourth-order valence-corrected chi connectivity index (χ4v) is 1.37. The molecule has 0 spiro atoms. The Labute approximate surface area is 98.4 Å². The molecule has 2 aromatic heterocycles. The number of nitrogen functional groups attached to an aromatic ring is 1. The first-order valence-corrected chi connectivity index (χ1v) is 4.93. The molecule has 2 heterocycles. The highest BCUT2D eigenvalue weighted by Gasteiger charge is 2.10. The predicted octanol–water partition coefficient (Wildman–Crippen LogP) is 1.14. The van der Waals surface area contributed by atoms with Crippen LogP contribution in [0.15, 0.2) is 24.3 Å². The van der Waals surface area contributed by atoms with Gasteiger partial charge in [0.2, 0.25) is 11.8 Å². The van der Waals surface area contributed by atoms with Crippen molar-refractivity contribution in [3.05, 3.63) is 24.3 Å². The maximum Gasteiger partial charge on any atom is 0.226 e. The van der Waals surface area contributed by atoms with Crippen molar-refractivity contribution in [1.82, 2.24) is 15.2 Å². The number of hydrogen-bond donors (Lipinski definition) is 1. The minimum Gasteiger partial charge on any atom is -0.481 e. The Kier molecular flexibility index (Phi) is 3.04. The van der Waals surface area contributed by atoms with Gasteiger partial charge in [0.1, 0.15) is 5.82 Å². The van der Waals surface area contributed by atoms with Gasteiger partial charge in [0, 0.05) is 6.07 Å². The van der Waals surface area contributed by atoms with Crippen LogP contribution in [0.25, 0.3) is 11.3 Å². The number of pyridine rings is 1. The molecule has 2 aromatic rings. The van der Waals surface area contributed by atoms with E-state index in [0.717, 1.165) is 5.56 Å². The number of methoxy groups -OCH3 is 2. The summed E-state index contributed by atoms with van der Waals surface area (Å²) in [4.78, 5) is 4.17. The molecule has 0 saturated carbocycles. The van der Waals surface area contributed by atoms with Crippen molar-refractivity contribution in [2.75, 3.05) is 20.0 Å². The highest BCUT2D eigenvalue weighted by Crippen LogP contribution is 2.28. The summed E-state index contributed by atoms with van der Waals surface area (Å²) in [6.45, 7) is 0. The third-order valence-electron chi connectivity index (χ3n) is 2.20. The van der Waals surface area contributed by atoms with Gasteiger partial charge in [0.15, 0.2) is 0 Å². The van der Waals surface area contributed by atoms with Gasteiger partial charge in [-0.1, -0.05) is 0 Å². The van der Waals surface area contributed by atoms with Gasteiger partial charge >= 0.3 is 0 Å². The van der Waals surface area contributed by atoms with Crippen molar-refractivity contribution >= 4 is 5.82 Å². The van der Waals surface area contributed by atoms with Gasteiger partial charge in [-0.3, -0.25) is 0 Å². The van der Waals surface area contributed by atoms with Crippen LogP contribution in [0, 0.1) is 0 Å². The fourth-order valence-electron chi connectivity index (χ4n) is 1.37. The van der Waals surface area contributed by atoms with Crippen molar-refractivity contribution in [3.63, 3.8) is 0 Å². The van der Waals surface area contributed by atoms with E-state index in [2.05, 4.69) is 15.2 Å². The van der Waals surface area contributed by atoms with Crippen molar-refractivity contribution in [3.8, 4) is 23.0 Å². The second kappa shape index (κ2) is 4.65. The number of rotatable bonds is 3. The Morgan fingerprint density at radius 1 is 1.00 bits per heavy atom. The Morgan fingerprint density at radius 2 is 1.82 bits per heavy atom. The van der Waals surface area contributed by atoms with E-state index in [-0.39, 0.29) is 0 Å². The average molecular weight is 232 g/mol. The van der Waals surface area contributed by atoms with Crippen LogP contribution >= 0.6 is 0 Å². The summed E-state index contributed by atoms with van der Waals surface area (Å²) in [5.74, 6) is 1.28. The molecule has 0 bridgehead atoms. The van der Waals surface area contributed by atoms with Gasteiger partial charge in [-0.2, -0.15) is 4.98 Å². The van der Waals surface area contributed by atoms with Crippen molar-refractivity contribution in [2.24, 2.45) is 0 Å². The van der Waals surface area contributed by atoms with Crippen LogP contribution < -0.4 is 15.2 Å². The zero-order chi connectivity index (χ0) is 12.3. The van der Waals surface area contributed by atoms with Crippen molar-refractivity contribution in [2.45, 2.75) is 0 Å². The highest BCUT2D eigenvalue weighted by molar-refractivity contribution is 5.65. The SMILES string of the molecule is COc1ccc(-c2ccc(N)nn2)c(OC)n1. The molecule has 0 amide bonds. The summed E-state index contributed by atoms with van der Waals surface area (Å²) in [5, 5.41) is 7.76. The summed E-state index contributed by atoms with van der Waals surface area (Å²) in [6, 6.07) is 6.97. The molecular weight excluding hydrogens is 220 g/mol. The number of nitrogens with zero attached hydrogens (tertiary/aromatic N) is 3. The summed E-state index contributed by atoms with van der Waals surface area (Å²) < 4.78 is 10.2. The van der Waals surface area contributed by atoms with Gasteiger partial charge in [-0.05, 0) is 18.2 Å². The second-order valence-corrected chi connectivity index (χ2v) is 3.25. The van der Waals surface area contributed by atoms with Crippen LogP contribution in [-0.2, 0) is 0 Å². The van der Waals surface area contributed by atoms with E-state index >= 15 is 0 Å². The van der Waals surface area contributed by atoms with E-state index in [4.69, 9.17) is 15.2 Å². The van der Waals surface area contributed by atoms with E-state index in [1.807, 2.05) is 6.07 Å². The maximum absolute atomic E-state index is 5.48. The molecule has 0 aliphatic rings.